The van der Waals surface area contributed by atoms with E-state index in [4.69, 9.17) is 34.3 Å². The molecule has 0 aliphatic rings. The second kappa shape index (κ2) is 6.72. The molecule has 0 unspecified atom stereocenters. The molecule has 0 fully saturated rings. The van der Waals surface area contributed by atoms with E-state index in [1.54, 1.807) is 10.9 Å². The molecule has 0 aliphatic heterocycles. The predicted molar refractivity (Wildman–Crippen MR) is 84.4 cm³/mol. The van der Waals surface area contributed by atoms with Gasteiger partial charge in [-0.3, -0.25) is 4.68 Å². The van der Waals surface area contributed by atoms with Crippen LogP contribution in [0.1, 0.15) is 11.3 Å². The summed E-state index contributed by atoms with van der Waals surface area (Å²) in [6, 6.07) is 7.75. The lowest BCUT2D eigenvalue weighted by molar-refractivity contribution is 0.291. The van der Waals surface area contributed by atoms with Gasteiger partial charge >= 0.3 is 0 Å². The topological polar surface area (TPSA) is 53.1 Å². The van der Waals surface area contributed by atoms with Gasteiger partial charge in [-0.25, -0.2) is 0 Å². The van der Waals surface area contributed by atoms with Gasteiger partial charge in [0, 0.05) is 12.6 Å². The fourth-order valence-electron chi connectivity index (χ4n) is 1.77. The third kappa shape index (κ3) is 4.21. The zero-order chi connectivity index (χ0) is 14.5. The Morgan fingerprint density at radius 1 is 1.40 bits per heavy atom. The minimum atomic E-state index is 0.490. The van der Waals surface area contributed by atoms with Gasteiger partial charge in [-0.2, -0.15) is 5.10 Å². The highest BCUT2D eigenvalue weighted by molar-refractivity contribution is 7.80. The average molecular weight is 310 g/mol. The van der Waals surface area contributed by atoms with Crippen LogP contribution in [0.3, 0.4) is 0 Å². The maximum Gasteiger partial charge on any atom is 0.119 e. The Kier molecular flexibility index (Phi) is 4.98. The molecule has 0 saturated heterocycles. The number of benzene rings is 1. The third-order valence-corrected chi connectivity index (χ3v) is 3.29. The fourth-order valence-corrected chi connectivity index (χ4v) is 2.09. The Morgan fingerprint density at radius 2 is 2.10 bits per heavy atom. The summed E-state index contributed by atoms with van der Waals surface area (Å²) < 4.78 is 7.43. The number of thiocarbonyl (C=S) groups is 1. The molecular weight excluding hydrogens is 294 g/mol. The maximum absolute atomic E-state index is 5.94. The SMILES string of the molecule is Cc1nn(CCOc2ccc(CC(N)=S)cc2)cc1Cl. The molecule has 2 rings (SSSR count). The van der Waals surface area contributed by atoms with E-state index >= 15 is 0 Å². The maximum atomic E-state index is 5.94. The van der Waals surface area contributed by atoms with Crippen molar-refractivity contribution in [2.24, 2.45) is 5.73 Å². The summed E-state index contributed by atoms with van der Waals surface area (Å²) in [5.74, 6) is 0.812. The molecule has 0 atom stereocenters. The van der Waals surface area contributed by atoms with Crippen LogP contribution in [0.15, 0.2) is 30.5 Å². The van der Waals surface area contributed by atoms with Crippen molar-refractivity contribution in [3.05, 3.63) is 46.7 Å². The fraction of sp³-hybridized carbons (Fsp3) is 0.286. The first-order valence-electron chi connectivity index (χ1n) is 6.24. The lowest BCUT2D eigenvalue weighted by Crippen LogP contribution is -2.11. The van der Waals surface area contributed by atoms with Crippen molar-refractivity contribution in [2.45, 2.75) is 19.9 Å². The Balaban J connectivity index is 1.83. The summed E-state index contributed by atoms with van der Waals surface area (Å²) in [4.78, 5) is 0.490. The van der Waals surface area contributed by atoms with Crippen LogP contribution < -0.4 is 10.5 Å². The van der Waals surface area contributed by atoms with Gasteiger partial charge in [-0.05, 0) is 24.6 Å². The van der Waals surface area contributed by atoms with E-state index in [9.17, 15) is 0 Å². The molecule has 1 heterocycles. The number of aryl methyl sites for hydroxylation is 1. The van der Waals surface area contributed by atoms with Crippen LogP contribution in [0.2, 0.25) is 5.02 Å². The quantitative estimate of drug-likeness (QED) is 0.834. The van der Waals surface area contributed by atoms with Crippen LogP contribution in [0.5, 0.6) is 5.75 Å². The predicted octanol–water partition coefficient (Wildman–Crippen LogP) is 2.75. The number of nitrogens with two attached hydrogens (primary N) is 1. The van der Waals surface area contributed by atoms with Gasteiger partial charge in [0.15, 0.2) is 0 Å². The van der Waals surface area contributed by atoms with Crippen molar-refractivity contribution in [3.8, 4) is 5.75 Å². The van der Waals surface area contributed by atoms with E-state index in [-0.39, 0.29) is 0 Å². The van der Waals surface area contributed by atoms with Crippen molar-refractivity contribution < 1.29 is 4.74 Å². The summed E-state index contributed by atoms with van der Waals surface area (Å²) in [6.07, 6.45) is 2.41. The van der Waals surface area contributed by atoms with Crippen LogP contribution in [0, 0.1) is 6.92 Å². The summed E-state index contributed by atoms with van der Waals surface area (Å²) in [5.41, 5.74) is 7.41. The van der Waals surface area contributed by atoms with E-state index in [0.717, 1.165) is 17.0 Å². The highest BCUT2D eigenvalue weighted by Crippen LogP contribution is 2.14. The first kappa shape index (κ1) is 14.8. The van der Waals surface area contributed by atoms with E-state index in [0.29, 0.717) is 29.6 Å². The van der Waals surface area contributed by atoms with Crippen LogP contribution >= 0.6 is 23.8 Å². The van der Waals surface area contributed by atoms with Gasteiger partial charge in [0.2, 0.25) is 0 Å². The number of hydrogen-bond donors (Lipinski definition) is 1. The van der Waals surface area contributed by atoms with E-state index in [2.05, 4.69) is 5.10 Å². The molecule has 2 N–H and O–H groups in total. The molecule has 1 aromatic heterocycles. The van der Waals surface area contributed by atoms with E-state index in [1.165, 1.54) is 0 Å². The monoisotopic (exact) mass is 309 g/mol. The van der Waals surface area contributed by atoms with Gasteiger partial charge < -0.3 is 10.5 Å². The van der Waals surface area contributed by atoms with Crippen LogP contribution in [0.4, 0.5) is 0 Å². The summed E-state index contributed by atoms with van der Waals surface area (Å²) >= 11 is 10.8. The zero-order valence-corrected chi connectivity index (χ0v) is 12.7. The third-order valence-electron chi connectivity index (χ3n) is 2.78. The number of rotatable bonds is 6. The molecule has 2 aromatic rings. The number of hydrogen-bond acceptors (Lipinski definition) is 3. The van der Waals surface area contributed by atoms with Gasteiger partial charge in [-0.15, -0.1) is 0 Å². The lowest BCUT2D eigenvalue weighted by Gasteiger charge is -2.07. The molecule has 0 saturated carbocycles. The van der Waals surface area contributed by atoms with Crippen LogP contribution in [-0.4, -0.2) is 21.4 Å². The summed E-state index contributed by atoms with van der Waals surface area (Å²) in [7, 11) is 0. The average Bonchev–Trinajstić information content (AvgIpc) is 2.70. The first-order chi connectivity index (χ1) is 9.54. The second-order valence-electron chi connectivity index (χ2n) is 4.46. The van der Waals surface area contributed by atoms with Crippen molar-refractivity contribution >= 4 is 28.8 Å². The highest BCUT2D eigenvalue weighted by Gasteiger charge is 2.02. The largest absolute Gasteiger partial charge is 0.492 e. The minimum Gasteiger partial charge on any atom is -0.492 e. The van der Waals surface area contributed by atoms with E-state index in [1.807, 2.05) is 31.2 Å². The van der Waals surface area contributed by atoms with Crippen molar-refractivity contribution in [1.82, 2.24) is 9.78 Å². The molecule has 0 bridgehead atoms. The normalized spacial score (nSPS) is 10.5. The Hall–Kier alpha value is -1.59. The number of ether oxygens (including phenoxy) is 1. The molecule has 0 radical (unpaired) electrons. The molecule has 1 aromatic carbocycles. The molecule has 0 spiro atoms. The molecule has 20 heavy (non-hydrogen) atoms. The van der Waals surface area contributed by atoms with Gasteiger partial charge in [0.25, 0.3) is 0 Å². The lowest BCUT2D eigenvalue weighted by atomic mass is 10.1. The standard InChI is InChI=1S/C14H16ClN3OS/c1-10-13(15)9-18(17-10)6-7-19-12-4-2-11(3-5-12)8-14(16)20/h2-5,9H,6-8H2,1H3,(H2,16,20). The molecule has 106 valence electrons. The van der Waals surface area contributed by atoms with Gasteiger partial charge in [0.05, 0.1) is 22.2 Å². The molecule has 0 amide bonds. The smallest absolute Gasteiger partial charge is 0.119 e. The number of nitrogens with zero attached hydrogens (tertiary/aromatic N) is 2. The highest BCUT2D eigenvalue weighted by atomic mass is 35.5. The molecule has 6 heteroatoms. The van der Waals surface area contributed by atoms with Crippen LogP contribution in [-0.2, 0) is 13.0 Å². The first-order valence-corrected chi connectivity index (χ1v) is 7.03. The number of aromatic nitrogens is 2. The van der Waals surface area contributed by atoms with Crippen molar-refractivity contribution in [2.75, 3.05) is 6.61 Å². The van der Waals surface area contributed by atoms with Crippen LogP contribution in [0.25, 0.3) is 0 Å². The minimum absolute atomic E-state index is 0.490. The molecule has 0 aliphatic carbocycles. The van der Waals surface area contributed by atoms with Gasteiger partial charge in [0.1, 0.15) is 12.4 Å². The summed E-state index contributed by atoms with van der Waals surface area (Å²) in [6.45, 7) is 3.06. The van der Waals surface area contributed by atoms with E-state index < -0.39 is 0 Å². The Bertz CT molecular complexity index is 575. The second-order valence-corrected chi connectivity index (χ2v) is 5.39. The van der Waals surface area contributed by atoms with Gasteiger partial charge in [-0.1, -0.05) is 36.0 Å². The zero-order valence-electron chi connectivity index (χ0n) is 11.2. The van der Waals surface area contributed by atoms with Crippen molar-refractivity contribution in [3.63, 3.8) is 0 Å². The molecular formula is C14H16ClN3OS. The summed E-state index contributed by atoms with van der Waals surface area (Å²) in [5, 5.41) is 4.94. The Labute approximate surface area is 128 Å². The number of halogens is 1. The Morgan fingerprint density at radius 3 is 2.65 bits per heavy atom. The van der Waals surface area contributed by atoms with Crippen molar-refractivity contribution in [1.29, 1.82) is 0 Å². The molecule has 4 nitrogen and oxygen atoms in total.